The Labute approximate surface area is 199 Å². The van der Waals surface area contributed by atoms with Crippen LogP contribution < -0.4 is 9.47 Å². The van der Waals surface area contributed by atoms with E-state index in [1.165, 1.54) is 0 Å². The van der Waals surface area contributed by atoms with Gasteiger partial charge in [-0.3, -0.25) is 4.79 Å². The lowest BCUT2D eigenvalue weighted by Crippen LogP contribution is -2.34. The van der Waals surface area contributed by atoms with Crippen LogP contribution >= 0.6 is 0 Å². The van der Waals surface area contributed by atoms with Gasteiger partial charge in [0.05, 0.1) is 37.4 Å². The van der Waals surface area contributed by atoms with Crippen molar-refractivity contribution in [1.82, 2.24) is 29.5 Å². The molecule has 1 atom stereocenters. The van der Waals surface area contributed by atoms with E-state index in [0.29, 0.717) is 40.7 Å². The van der Waals surface area contributed by atoms with Crippen LogP contribution in [0.1, 0.15) is 41.2 Å². The quantitative estimate of drug-likeness (QED) is 0.534. The van der Waals surface area contributed by atoms with Crippen molar-refractivity contribution < 1.29 is 14.3 Å². The SMILES string of the molecule is COc1ccc(OC)c(-c2ccnc(-n3ncc(C(=O)N4CC[C@@H](N(C)C)C4)c3C3CC3)n2)c1. The number of rotatable bonds is 7. The molecule has 1 saturated heterocycles. The third kappa shape index (κ3) is 4.11. The second-order valence-corrected chi connectivity index (χ2v) is 9.09. The van der Waals surface area contributed by atoms with Gasteiger partial charge in [0, 0.05) is 36.8 Å². The molecule has 5 rings (SSSR count). The Kier molecular flexibility index (Phi) is 5.95. The zero-order valence-electron chi connectivity index (χ0n) is 20.1. The van der Waals surface area contributed by atoms with E-state index in [0.717, 1.165) is 43.6 Å². The normalized spacial score (nSPS) is 17.9. The molecule has 0 N–H and O–H groups in total. The van der Waals surface area contributed by atoms with Crippen LogP contribution in [0.15, 0.2) is 36.7 Å². The molecule has 3 aromatic rings. The second-order valence-electron chi connectivity index (χ2n) is 9.09. The van der Waals surface area contributed by atoms with Crippen LogP contribution in [0.25, 0.3) is 17.2 Å². The van der Waals surface area contributed by atoms with Crippen LogP contribution in [0, 0.1) is 0 Å². The summed E-state index contributed by atoms with van der Waals surface area (Å²) in [4.78, 5) is 26.9. The number of likely N-dealkylation sites (tertiary alicyclic amines) is 1. The average molecular weight is 463 g/mol. The van der Waals surface area contributed by atoms with Crippen LogP contribution in [-0.4, -0.2) is 82.9 Å². The predicted octanol–water partition coefficient (Wildman–Crippen LogP) is 3.00. The number of nitrogens with zero attached hydrogens (tertiary/aromatic N) is 6. The Morgan fingerprint density at radius 2 is 1.94 bits per heavy atom. The molecular weight excluding hydrogens is 432 g/mol. The topological polar surface area (TPSA) is 85.6 Å². The number of hydrogen-bond acceptors (Lipinski definition) is 7. The van der Waals surface area contributed by atoms with Gasteiger partial charge in [-0.25, -0.2) is 14.6 Å². The molecule has 1 aliphatic carbocycles. The first-order valence-corrected chi connectivity index (χ1v) is 11.6. The highest BCUT2D eigenvalue weighted by molar-refractivity contribution is 5.95. The Morgan fingerprint density at radius 3 is 2.62 bits per heavy atom. The first-order chi connectivity index (χ1) is 16.5. The predicted molar refractivity (Wildman–Crippen MR) is 128 cm³/mol. The van der Waals surface area contributed by atoms with Crippen molar-refractivity contribution in [2.45, 2.75) is 31.2 Å². The smallest absolute Gasteiger partial charge is 0.257 e. The highest BCUT2D eigenvalue weighted by Crippen LogP contribution is 2.43. The molecule has 1 aromatic carbocycles. The van der Waals surface area contributed by atoms with Crippen molar-refractivity contribution in [2.24, 2.45) is 0 Å². The van der Waals surface area contributed by atoms with Crippen LogP contribution in [0.3, 0.4) is 0 Å². The van der Waals surface area contributed by atoms with Crippen LogP contribution in [0.2, 0.25) is 0 Å². The van der Waals surface area contributed by atoms with Crippen LogP contribution in [0.4, 0.5) is 0 Å². The second kappa shape index (κ2) is 9.06. The molecule has 9 nitrogen and oxygen atoms in total. The molecule has 1 aliphatic heterocycles. The maximum atomic E-state index is 13.4. The number of benzene rings is 1. The highest BCUT2D eigenvalue weighted by Gasteiger charge is 2.36. The lowest BCUT2D eigenvalue weighted by molar-refractivity contribution is 0.0782. The lowest BCUT2D eigenvalue weighted by atomic mass is 10.1. The summed E-state index contributed by atoms with van der Waals surface area (Å²) in [5.41, 5.74) is 3.07. The van der Waals surface area contributed by atoms with E-state index in [2.05, 4.69) is 29.1 Å². The standard InChI is InChI=1S/C25H30N6O3/c1-29(2)17-10-12-30(15-17)24(32)20-14-27-31(23(20)16-5-6-16)25-26-11-9-21(28-25)19-13-18(33-3)7-8-22(19)34-4/h7-9,11,13-14,16-17H,5-6,10,12,15H2,1-4H3/t17-/m1/s1. The number of likely N-dealkylation sites (N-methyl/N-ethyl adjacent to an activating group) is 1. The molecule has 1 saturated carbocycles. The van der Waals surface area contributed by atoms with Gasteiger partial charge < -0.3 is 19.3 Å². The fraction of sp³-hybridized carbons (Fsp3) is 0.440. The molecule has 0 radical (unpaired) electrons. The minimum absolute atomic E-state index is 0.0446. The van der Waals surface area contributed by atoms with Gasteiger partial charge in [0.25, 0.3) is 11.9 Å². The molecule has 1 amide bonds. The monoisotopic (exact) mass is 462 g/mol. The Morgan fingerprint density at radius 1 is 1.12 bits per heavy atom. The van der Waals surface area contributed by atoms with E-state index in [9.17, 15) is 4.79 Å². The fourth-order valence-corrected chi connectivity index (χ4v) is 4.56. The molecule has 9 heteroatoms. The van der Waals surface area contributed by atoms with E-state index >= 15 is 0 Å². The molecule has 178 valence electrons. The molecule has 0 unspecified atom stereocenters. The number of hydrogen-bond donors (Lipinski definition) is 0. The summed E-state index contributed by atoms with van der Waals surface area (Å²) in [6.45, 7) is 1.50. The number of ether oxygens (including phenoxy) is 2. The first-order valence-electron chi connectivity index (χ1n) is 11.6. The zero-order chi connectivity index (χ0) is 23.8. The molecule has 0 bridgehead atoms. The number of carbonyl (C=O) groups excluding carboxylic acids is 1. The molecule has 2 aliphatic rings. The molecule has 2 fully saturated rings. The summed E-state index contributed by atoms with van der Waals surface area (Å²) in [6, 6.07) is 7.81. The van der Waals surface area contributed by atoms with Crippen molar-refractivity contribution in [1.29, 1.82) is 0 Å². The lowest BCUT2D eigenvalue weighted by Gasteiger charge is -2.20. The molecular formula is C25H30N6O3. The van der Waals surface area contributed by atoms with E-state index in [4.69, 9.17) is 14.5 Å². The van der Waals surface area contributed by atoms with Crippen molar-refractivity contribution in [3.05, 3.63) is 47.9 Å². The summed E-state index contributed by atoms with van der Waals surface area (Å²) in [5.74, 6) is 2.18. The summed E-state index contributed by atoms with van der Waals surface area (Å²) < 4.78 is 12.7. The van der Waals surface area contributed by atoms with Crippen molar-refractivity contribution >= 4 is 5.91 Å². The van der Waals surface area contributed by atoms with Gasteiger partial charge in [-0.15, -0.1) is 0 Å². The Hall–Kier alpha value is -3.46. The molecule has 3 heterocycles. The number of carbonyl (C=O) groups is 1. The minimum Gasteiger partial charge on any atom is -0.497 e. The third-order valence-corrected chi connectivity index (χ3v) is 6.70. The first kappa shape index (κ1) is 22.3. The van der Waals surface area contributed by atoms with Gasteiger partial charge in [0.15, 0.2) is 0 Å². The fourth-order valence-electron chi connectivity index (χ4n) is 4.56. The average Bonchev–Trinajstić information content (AvgIpc) is 3.40. The van der Waals surface area contributed by atoms with E-state index in [1.54, 1.807) is 31.3 Å². The molecule has 0 spiro atoms. The van der Waals surface area contributed by atoms with Crippen molar-refractivity contribution in [2.75, 3.05) is 41.4 Å². The summed E-state index contributed by atoms with van der Waals surface area (Å²) >= 11 is 0. The van der Waals surface area contributed by atoms with Gasteiger partial charge >= 0.3 is 0 Å². The summed E-state index contributed by atoms with van der Waals surface area (Å²) in [7, 11) is 7.38. The van der Waals surface area contributed by atoms with E-state index in [1.807, 2.05) is 29.2 Å². The van der Waals surface area contributed by atoms with E-state index < -0.39 is 0 Å². The van der Waals surface area contributed by atoms with Gasteiger partial charge in [-0.05, 0) is 57.6 Å². The van der Waals surface area contributed by atoms with Gasteiger partial charge in [-0.1, -0.05) is 0 Å². The minimum atomic E-state index is 0.0446. The van der Waals surface area contributed by atoms with Crippen LogP contribution in [-0.2, 0) is 0 Å². The maximum absolute atomic E-state index is 13.4. The maximum Gasteiger partial charge on any atom is 0.257 e. The van der Waals surface area contributed by atoms with Gasteiger partial charge in [0.2, 0.25) is 0 Å². The van der Waals surface area contributed by atoms with Gasteiger partial charge in [0.1, 0.15) is 11.5 Å². The van der Waals surface area contributed by atoms with Crippen molar-refractivity contribution in [3.63, 3.8) is 0 Å². The Bertz CT molecular complexity index is 1200. The number of aromatic nitrogens is 4. The van der Waals surface area contributed by atoms with E-state index in [-0.39, 0.29) is 5.91 Å². The largest absolute Gasteiger partial charge is 0.497 e. The highest BCUT2D eigenvalue weighted by atomic mass is 16.5. The zero-order valence-corrected chi connectivity index (χ0v) is 20.1. The van der Waals surface area contributed by atoms with Gasteiger partial charge in [-0.2, -0.15) is 5.10 Å². The third-order valence-electron chi connectivity index (χ3n) is 6.70. The molecule has 2 aromatic heterocycles. The summed E-state index contributed by atoms with van der Waals surface area (Å²) in [5, 5.41) is 4.58. The summed E-state index contributed by atoms with van der Waals surface area (Å²) in [6.07, 6.45) is 6.45. The number of methoxy groups -OCH3 is 2. The van der Waals surface area contributed by atoms with Crippen molar-refractivity contribution in [3.8, 4) is 28.7 Å². The number of amides is 1. The molecule has 34 heavy (non-hydrogen) atoms. The van der Waals surface area contributed by atoms with Crippen LogP contribution in [0.5, 0.6) is 11.5 Å². The Balaban J connectivity index is 1.50.